The van der Waals surface area contributed by atoms with Crippen LogP contribution in [0, 0.1) is 5.41 Å². The first-order chi connectivity index (χ1) is 12.1. The molecule has 0 amide bonds. The molecule has 2 aliphatic heterocycles. The highest BCUT2D eigenvalue weighted by Gasteiger charge is 2.45. The number of hydrogen-bond acceptors (Lipinski definition) is 5. The lowest BCUT2D eigenvalue weighted by Gasteiger charge is -2.25. The topological polar surface area (TPSA) is 53.0 Å². The van der Waals surface area contributed by atoms with E-state index in [4.69, 9.17) is 4.74 Å². The summed E-state index contributed by atoms with van der Waals surface area (Å²) in [7, 11) is 0. The van der Waals surface area contributed by atoms with Gasteiger partial charge >= 0.3 is 5.97 Å². The van der Waals surface area contributed by atoms with Crippen LogP contribution in [0.4, 0.5) is 5.69 Å². The molecule has 1 saturated heterocycles. The van der Waals surface area contributed by atoms with Gasteiger partial charge in [-0.2, -0.15) is 0 Å². The lowest BCUT2D eigenvalue weighted by molar-refractivity contribution is -0.157. The van der Waals surface area contributed by atoms with Gasteiger partial charge in [-0.05, 0) is 57.0 Å². The Bertz CT molecular complexity index is 625. The minimum Gasteiger partial charge on any atom is -0.465 e. The van der Waals surface area contributed by atoms with E-state index >= 15 is 0 Å². The zero-order valence-electron chi connectivity index (χ0n) is 14.8. The van der Waals surface area contributed by atoms with Crippen LogP contribution in [0.5, 0.6) is 0 Å². The van der Waals surface area contributed by atoms with Crippen LogP contribution in [0.15, 0.2) is 22.7 Å². The van der Waals surface area contributed by atoms with Crippen LogP contribution in [0.1, 0.15) is 25.3 Å². The molecule has 6 heteroatoms. The molecule has 1 N–H and O–H groups in total. The number of carbonyl (C=O) groups is 1. The van der Waals surface area contributed by atoms with Gasteiger partial charge in [0.1, 0.15) is 5.41 Å². The van der Waals surface area contributed by atoms with E-state index in [1.165, 1.54) is 15.7 Å². The number of esters is 1. The molecule has 0 aromatic heterocycles. The SMILES string of the molecule is CCOC(=O)C1(CO)CCN(CCCN2CCc3c(Br)cccc32)C1. The Hall–Kier alpha value is -1.11. The molecule has 1 atom stereocenters. The normalized spacial score (nSPS) is 23.1. The standard InChI is InChI=1S/C19H27BrN2O3/c1-2-25-18(24)19(14-23)8-12-21(13-19)9-4-10-22-11-7-15-16(20)5-3-6-17(15)22/h3,5-6,23H,2,4,7-14H2,1H3. The average Bonchev–Trinajstić information content (AvgIpc) is 3.21. The molecule has 1 unspecified atom stereocenters. The van der Waals surface area contributed by atoms with Crippen molar-refractivity contribution in [2.75, 3.05) is 50.8 Å². The monoisotopic (exact) mass is 410 g/mol. The van der Waals surface area contributed by atoms with Gasteiger partial charge in [-0.25, -0.2) is 0 Å². The van der Waals surface area contributed by atoms with Gasteiger partial charge < -0.3 is 19.6 Å². The molecule has 25 heavy (non-hydrogen) atoms. The molecule has 0 spiro atoms. The van der Waals surface area contributed by atoms with Crippen LogP contribution in [-0.4, -0.2) is 61.9 Å². The van der Waals surface area contributed by atoms with E-state index in [1.807, 2.05) is 6.92 Å². The van der Waals surface area contributed by atoms with Crippen molar-refractivity contribution < 1.29 is 14.6 Å². The summed E-state index contributed by atoms with van der Waals surface area (Å²) in [4.78, 5) is 16.9. The fourth-order valence-electron chi connectivity index (χ4n) is 3.97. The van der Waals surface area contributed by atoms with Crippen molar-refractivity contribution in [1.82, 2.24) is 4.90 Å². The molecule has 1 aromatic rings. The van der Waals surface area contributed by atoms with E-state index in [9.17, 15) is 9.90 Å². The van der Waals surface area contributed by atoms with Crippen LogP contribution in [0.25, 0.3) is 0 Å². The molecule has 0 bridgehead atoms. The quantitative estimate of drug-likeness (QED) is 0.699. The van der Waals surface area contributed by atoms with Gasteiger partial charge in [0.05, 0.1) is 13.2 Å². The number of rotatable bonds is 7. The fraction of sp³-hybridized carbons (Fsp3) is 0.632. The molecule has 2 heterocycles. The molecule has 3 rings (SSSR count). The summed E-state index contributed by atoms with van der Waals surface area (Å²) < 4.78 is 6.37. The number of fused-ring (bicyclic) bond motifs is 1. The summed E-state index contributed by atoms with van der Waals surface area (Å²) in [5, 5.41) is 9.72. The van der Waals surface area contributed by atoms with Crippen LogP contribution < -0.4 is 4.90 Å². The summed E-state index contributed by atoms with van der Waals surface area (Å²) in [5.41, 5.74) is 2.03. The number of carbonyl (C=O) groups excluding carboxylic acids is 1. The van der Waals surface area contributed by atoms with E-state index in [-0.39, 0.29) is 12.6 Å². The second-order valence-corrected chi connectivity index (χ2v) is 7.87. The number of hydrogen-bond donors (Lipinski definition) is 1. The number of nitrogens with zero attached hydrogens (tertiary/aromatic N) is 2. The van der Waals surface area contributed by atoms with Crippen molar-refractivity contribution in [3.63, 3.8) is 0 Å². The number of aliphatic hydroxyl groups excluding tert-OH is 1. The Morgan fingerprint density at radius 3 is 2.96 bits per heavy atom. The number of likely N-dealkylation sites (tertiary alicyclic amines) is 1. The maximum Gasteiger partial charge on any atom is 0.315 e. The average molecular weight is 411 g/mol. The van der Waals surface area contributed by atoms with Gasteiger partial charge in [-0.15, -0.1) is 0 Å². The van der Waals surface area contributed by atoms with Gasteiger partial charge in [0.2, 0.25) is 0 Å². The largest absolute Gasteiger partial charge is 0.465 e. The number of benzene rings is 1. The Kier molecular flexibility index (Phi) is 6.02. The maximum atomic E-state index is 12.2. The van der Waals surface area contributed by atoms with Gasteiger partial charge in [0, 0.05) is 29.8 Å². The third-order valence-electron chi connectivity index (χ3n) is 5.41. The first-order valence-corrected chi connectivity index (χ1v) is 9.92. The van der Waals surface area contributed by atoms with Crippen LogP contribution in [0.2, 0.25) is 0 Å². The smallest absolute Gasteiger partial charge is 0.315 e. The van der Waals surface area contributed by atoms with Crippen molar-refractivity contribution in [2.24, 2.45) is 5.41 Å². The maximum absolute atomic E-state index is 12.2. The Labute approximate surface area is 158 Å². The Morgan fingerprint density at radius 2 is 2.20 bits per heavy atom. The predicted octanol–water partition coefficient (Wildman–Crippen LogP) is 2.45. The zero-order chi connectivity index (χ0) is 17.9. The van der Waals surface area contributed by atoms with Crippen molar-refractivity contribution in [3.05, 3.63) is 28.2 Å². The molecule has 0 radical (unpaired) electrons. The van der Waals surface area contributed by atoms with Crippen LogP contribution in [0.3, 0.4) is 0 Å². The lowest BCUT2D eigenvalue weighted by atomic mass is 9.88. The highest BCUT2D eigenvalue weighted by Crippen LogP contribution is 2.34. The molecule has 2 aliphatic rings. The number of ether oxygens (including phenoxy) is 1. The molecule has 1 fully saturated rings. The van der Waals surface area contributed by atoms with Crippen LogP contribution >= 0.6 is 15.9 Å². The molecule has 0 saturated carbocycles. The summed E-state index contributed by atoms with van der Waals surface area (Å²) in [6.45, 7) is 6.53. The minimum absolute atomic E-state index is 0.129. The van der Waals surface area contributed by atoms with Gasteiger partial charge in [-0.1, -0.05) is 22.0 Å². The molecule has 138 valence electrons. The van der Waals surface area contributed by atoms with Gasteiger partial charge in [0.25, 0.3) is 0 Å². The van der Waals surface area contributed by atoms with Crippen molar-refractivity contribution in [2.45, 2.75) is 26.2 Å². The highest BCUT2D eigenvalue weighted by molar-refractivity contribution is 9.10. The number of anilines is 1. The summed E-state index contributed by atoms with van der Waals surface area (Å²) in [6.07, 6.45) is 2.83. The predicted molar refractivity (Wildman–Crippen MR) is 102 cm³/mol. The second-order valence-electron chi connectivity index (χ2n) is 7.01. The first kappa shape index (κ1) is 18.7. The molecular weight excluding hydrogens is 384 g/mol. The summed E-state index contributed by atoms with van der Waals surface area (Å²) in [5.74, 6) is -0.252. The third-order valence-corrected chi connectivity index (χ3v) is 6.16. The number of aliphatic hydroxyl groups is 1. The van der Waals surface area contributed by atoms with Crippen molar-refractivity contribution in [1.29, 1.82) is 0 Å². The first-order valence-electron chi connectivity index (χ1n) is 9.12. The van der Waals surface area contributed by atoms with E-state index in [0.29, 0.717) is 19.6 Å². The molecule has 5 nitrogen and oxygen atoms in total. The van der Waals surface area contributed by atoms with Crippen molar-refractivity contribution in [3.8, 4) is 0 Å². The number of halogens is 1. The third kappa shape index (κ3) is 3.86. The highest BCUT2D eigenvalue weighted by atomic mass is 79.9. The van der Waals surface area contributed by atoms with Crippen molar-refractivity contribution >= 4 is 27.6 Å². The lowest BCUT2D eigenvalue weighted by Crippen LogP contribution is -2.40. The Balaban J connectivity index is 1.50. The van der Waals surface area contributed by atoms with Gasteiger partial charge in [0.15, 0.2) is 0 Å². The fourth-order valence-corrected chi connectivity index (χ4v) is 4.52. The Morgan fingerprint density at radius 1 is 1.36 bits per heavy atom. The van der Waals surface area contributed by atoms with E-state index in [0.717, 1.165) is 39.0 Å². The minimum atomic E-state index is -0.721. The van der Waals surface area contributed by atoms with E-state index in [2.05, 4.69) is 43.9 Å². The molecule has 1 aromatic carbocycles. The zero-order valence-corrected chi connectivity index (χ0v) is 16.4. The molecular formula is C19H27BrN2O3. The van der Waals surface area contributed by atoms with Crippen LogP contribution in [-0.2, 0) is 16.0 Å². The molecule has 0 aliphatic carbocycles. The van der Waals surface area contributed by atoms with E-state index < -0.39 is 5.41 Å². The summed E-state index contributed by atoms with van der Waals surface area (Å²) >= 11 is 3.64. The summed E-state index contributed by atoms with van der Waals surface area (Å²) in [6, 6.07) is 6.40. The second kappa shape index (κ2) is 8.06. The van der Waals surface area contributed by atoms with E-state index in [1.54, 1.807) is 0 Å². The van der Waals surface area contributed by atoms with Gasteiger partial charge in [-0.3, -0.25) is 4.79 Å².